The minimum Gasteiger partial charge on any atom is -0.361 e. The van der Waals surface area contributed by atoms with Crippen molar-refractivity contribution < 1.29 is 0 Å². The molecule has 5 rings (SSSR count). The largest absolute Gasteiger partial charge is 0.361 e. The van der Waals surface area contributed by atoms with Crippen molar-refractivity contribution in [3.8, 4) is 0 Å². The van der Waals surface area contributed by atoms with E-state index in [0.717, 1.165) is 37.6 Å². The molecule has 0 bridgehead atoms. The number of anilines is 1. The standard InChI is InChI=1S/C18H19N7/c1-2-4-16-15(3-1)14(9-20-16)8-19-7-13-10-24(11-13)18-6-5-17-22-21-12-25(17)23-18/h1-6,9,12-13,19-20H,7-8,10-11H2. The number of nitrogens with zero attached hydrogens (tertiary/aromatic N) is 5. The molecule has 1 aromatic carbocycles. The predicted octanol–water partition coefficient (Wildman–Crippen LogP) is 1.83. The molecule has 1 aliphatic heterocycles. The zero-order chi connectivity index (χ0) is 16.6. The lowest BCUT2D eigenvalue weighted by Gasteiger charge is -2.40. The molecular weight excluding hydrogens is 314 g/mol. The van der Waals surface area contributed by atoms with Crippen LogP contribution in [0.2, 0.25) is 0 Å². The molecule has 2 N–H and O–H groups in total. The fraction of sp³-hybridized carbons (Fsp3) is 0.278. The molecule has 1 aliphatic rings. The molecule has 0 unspecified atom stereocenters. The van der Waals surface area contributed by atoms with E-state index in [1.54, 1.807) is 10.8 Å². The molecule has 1 saturated heterocycles. The molecule has 7 nitrogen and oxygen atoms in total. The molecule has 1 fully saturated rings. The predicted molar refractivity (Wildman–Crippen MR) is 96.5 cm³/mol. The lowest BCUT2D eigenvalue weighted by Crippen LogP contribution is -2.51. The van der Waals surface area contributed by atoms with Crippen molar-refractivity contribution >= 4 is 22.4 Å². The van der Waals surface area contributed by atoms with E-state index >= 15 is 0 Å². The maximum atomic E-state index is 4.54. The van der Waals surface area contributed by atoms with Crippen LogP contribution >= 0.6 is 0 Å². The number of H-pyrrole nitrogens is 1. The summed E-state index contributed by atoms with van der Waals surface area (Å²) in [7, 11) is 0. The van der Waals surface area contributed by atoms with Crippen LogP contribution in [0.4, 0.5) is 5.82 Å². The van der Waals surface area contributed by atoms with E-state index in [0.29, 0.717) is 5.92 Å². The first kappa shape index (κ1) is 14.4. The van der Waals surface area contributed by atoms with Crippen LogP contribution in [-0.4, -0.2) is 44.4 Å². The van der Waals surface area contributed by atoms with Gasteiger partial charge in [-0.05, 0) is 23.8 Å². The van der Waals surface area contributed by atoms with Gasteiger partial charge in [0.1, 0.15) is 12.1 Å². The van der Waals surface area contributed by atoms with E-state index in [4.69, 9.17) is 0 Å². The van der Waals surface area contributed by atoms with Crippen LogP contribution in [0.25, 0.3) is 16.6 Å². The summed E-state index contributed by atoms with van der Waals surface area (Å²) in [5.41, 5.74) is 3.30. The normalized spacial score (nSPS) is 15.1. The Morgan fingerprint density at radius 3 is 3.04 bits per heavy atom. The quantitative estimate of drug-likeness (QED) is 0.583. The van der Waals surface area contributed by atoms with Crippen LogP contribution < -0.4 is 10.2 Å². The Labute approximate surface area is 144 Å². The zero-order valence-corrected chi connectivity index (χ0v) is 13.8. The Balaban J connectivity index is 1.15. The van der Waals surface area contributed by atoms with Gasteiger partial charge in [0.15, 0.2) is 5.65 Å². The Morgan fingerprint density at radius 1 is 1.16 bits per heavy atom. The van der Waals surface area contributed by atoms with Crippen molar-refractivity contribution in [1.29, 1.82) is 0 Å². The number of hydrogen-bond donors (Lipinski definition) is 2. The number of aromatic amines is 1. The Morgan fingerprint density at radius 2 is 2.08 bits per heavy atom. The van der Waals surface area contributed by atoms with Gasteiger partial charge in [0.2, 0.25) is 0 Å². The summed E-state index contributed by atoms with van der Waals surface area (Å²) in [5, 5.41) is 17.3. The van der Waals surface area contributed by atoms with Gasteiger partial charge < -0.3 is 15.2 Å². The lowest BCUT2D eigenvalue weighted by atomic mass is 10.00. The van der Waals surface area contributed by atoms with Crippen LogP contribution in [-0.2, 0) is 6.54 Å². The third-order valence-corrected chi connectivity index (χ3v) is 4.85. The van der Waals surface area contributed by atoms with E-state index in [-0.39, 0.29) is 0 Å². The number of aromatic nitrogens is 5. The lowest BCUT2D eigenvalue weighted by molar-refractivity contribution is 0.381. The number of hydrogen-bond acceptors (Lipinski definition) is 5. The van der Waals surface area contributed by atoms with Gasteiger partial charge in [0, 0.05) is 49.2 Å². The second-order valence-electron chi connectivity index (χ2n) is 6.59. The van der Waals surface area contributed by atoms with Gasteiger partial charge in [-0.15, -0.1) is 15.3 Å². The zero-order valence-electron chi connectivity index (χ0n) is 13.8. The summed E-state index contributed by atoms with van der Waals surface area (Å²) in [6.07, 6.45) is 3.74. The second kappa shape index (κ2) is 5.86. The first-order valence-electron chi connectivity index (χ1n) is 8.54. The summed E-state index contributed by atoms with van der Waals surface area (Å²) >= 11 is 0. The van der Waals surface area contributed by atoms with E-state index in [1.165, 1.54) is 16.5 Å². The molecule has 3 aromatic heterocycles. The monoisotopic (exact) mass is 333 g/mol. The van der Waals surface area contributed by atoms with Crippen LogP contribution in [0.3, 0.4) is 0 Å². The number of rotatable bonds is 5. The summed E-state index contributed by atoms with van der Waals surface area (Å²) in [4.78, 5) is 5.62. The molecule has 4 heterocycles. The van der Waals surface area contributed by atoms with Gasteiger partial charge >= 0.3 is 0 Å². The van der Waals surface area contributed by atoms with E-state index < -0.39 is 0 Å². The van der Waals surface area contributed by atoms with Gasteiger partial charge in [-0.25, -0.2) is 0 Å². The van der Waals surface area contributed by atoms with E-state index in [2.05, 4.69) is 61.0 Å². The molecule has 7 heteroatoms. The van der Waals surface area contributed by atoms with Gasteiger partial charge in [-0.1, -0.05) is 18.2 Å². The van der Waals surface area contributed by atoms with Gasteiger partial charge in [-0.3, -0.25) is 0 Å². The number of benzene rings is 1. The number of nitrogens with one attached hydrogen (secondary N) is 2. The maximum Gasteiger partial charge on any atom is 0.177 e. The second-order valence-corrected chi connectivity index (χ2v) is 6.59. The van der Waals surface area contributed by atoms with Gasteiger partial charge in [-0.2, -0.15) is 4.52 Å². The minimum atomic E-state index is 0.656. The summed E-state index contributed by atoms with van der Waals surface area (Å²) in [6.45, 7) is 3.97. The summed E-state index contributed by atoms with van der Waals surface area (Å²) in [6, 6.07) is 12.4. The highest BCUT2D eigenvalue weighted by Gasteiger charge is 2.27. The third kappa shape index (κ3) is 2.62. The molecule has 0 amide bonds. The SMILES string of the molecule is c1ccc2c(CNCC3CN(c4ccc5nncn5n4)C3)c[nH]c2c1. The Bertz CT molecular complexity index is 1010. The molecule has 0 saturated carbocycles. The fourth-order valence-electron chi connectivity index (χ4n) is 3.46. The average Bonchev–Trinajstić information content (AvgIpc) is 3.23. The Kier molecular flexibility index (Phi) is 3.38. The van der Waals surface area contributed by atoms with Crippen LogP contribution in [0, 0.1) is 5.92 Å². The van der Waals surface area contributed by atoms with Gasteiger partial charge in [0.25, 0.3) is 0 Å². The van der Waals surface area contributed by atoms with E-state index in [1.807, 2.05) is 12.1 Å². The topological polar surface area (TPSA) is 74.1 Å². The van der Waals surface area contributed by atoms with Crippen molar-refractivity contribution in [2.24, 2.45) is 5.92 Å². The van der Waals surface area contributed by atoms with Crippen molar-refractivity contribution in [1.82, 2.24) is 30.1 Å². The molecule has 0 aliphatic carbocycles. The van der Waals surface area contributed by atoms with Crippen LogP contribution in [0.1, 0.15) is 5.56 Å². The van der Waals surface area contributed by atoms with Gasteiger partial charge in [0.05, 0.1) is 0 Å². The molecule has 25 heavy (non-hydrogen) atoms. The molecule has 4 aromatic rings. The minimum absolute atomic E-state index is 0.656. The first-order valence-corrected chi connectivity index (χ1v) is 8.54. The van der Waals surface area contributed by atoms with Crippen molar-refractivity contribution in [3.63, 3.8) is 0 Å². The molecule has 0 spiro atoms. The smallest absolute Gasteiger partial charge is 0.177 e. The fourth-order valence-corrected chi connectivity index (χ4v) is 3.46. The van der Waals surface area contributed by atoms with Crippen molar-refractivity contribution in [2.75, 3.05) is 24.5 Å². The van der Waals surface area contributed by atoms with Crippen molar-refractivity contribution in [2.45, 2.75) is 6.54 Å². The summed E-state index contributed by atoms with van der Waals surface area (Å²) < 4.78 is 1.72. The molecular formula is C18H19N7. The Hall–Kier alpha value is -2.93. The maximum absolute atomic E-state index is 4.54. The average molecular weight is 333 g/mol. The molecule has 126 valence electrons. The highest BCUT2D eigenvalue weighted by atomic mass is 15.4. The summed E-state index contributed by atoms with van der Waals surface area (Å²) in [5.74, 6) is 1.64. The number of para-hydroxylation sites is 1. The van der Waals surface area contributed by atoms with Crippen LogP contribution in [0.5, 0.6) is 0 Å². The number of fused-ring (bicyclic) bond motifs is 2. The third-order valence-electron chi connectivity index (χ3n) is 4.85. The van der Waals surface area contributed by atoms with Crippen LogP contribution in [0.15, 0.2) is 48.9 Å². The van der Waals surface area contributed by atoms with Crippen molar-refractivity contribution in [3.05, 3.63) is 54.5 Å². The highest BCUT2D eigenvalue weighted by Crippen LogP contribution is 2.22. The first-order chi connectivity index (χ1) is 12.4. The molecule has 0 radical (unpaired) electrons. The molecule has 0 atom stereocenters. The van der Waals surface area contributed by atoms with E-state index in [9.17, 15) is 0 Å². The highest BCUT2D eigenvalue weighted by molar-refractivity contribution is 5.82.